The van der Waals surface area contributed by atoms with Crippen LogP contribution in [0.3, 0.4) is 0 Å². The lowest BCUT2D eigenvalue weighted by Crippen LogP contribution is -2.17. The molecule has 1 heterocycles. The summed E-state index contributed by atoms with van der Waals surface area (Å²) < 4.78 is 12.4. The molecule has 2 rings (SSSR count). The highest BCUT2D eigenvalue weighted by Crippen LogP contribution is 2.29. The van der Waals surface area contributed by atoms with Crippen molar-refractivity contribution in [2.24, 2.45) is 5.92 Å². The van der Waals surface area contributed by atoms with E-state index in [1.807, 2.05) is 45.0 Å². The Morgan fingerprint density at radius 3 is 2.24 bits per heavy atom. The van der Waals surface area contributed by atoms with Crippen molar-refractivity contribution in [1.82, 2.24) is 10.1 Å². The van der Waals surface area contributed by atoms with E-state index in [4.69, 9.17) is 9.26 Å². The van der Waals surface area contributed by atoms with Crippen LogP contribution >= 0.6 is 15.9 Å². The van der Waals surface area contributed by atoms with Gasteiger partial charge in [0.2, 0.25) is 11.7 Å². The summed E-state index contributed by atoms with van der Waals surface area (Å²) in [6, 6.07) is 7.74. The summed E-state index contributed by atoms with van der Waals surface area (Å²) >= 11 is 3.42. The highest BCUT2D eigenvalue weighted by atomic mass is 79.9. The van der Waals surface area contributed by atoms with Crippen LogP contribution in [0.5, 0.6) is 5.75 Å². The fourth-order valence-electron chi connectivity index (χ4n) is 1.80. The monoisotopic (exact) mass is 352 g/mol. The molecule has 1 aromatic carbocycles. The lowest BCUT2D eigenvalue weighted by Gasteiger charge is -2.19. The molecule has 1 unspecified atom stereocenters. The van der Waals surface area contributed by atoms with Crippen LogP contribution in [0.1, 0.15) is 52.4 Å². The van der Waals surface area contributed by atoms with Crippen molar-refractivity contribution in [3.63, 3.8) is 0 Å². The number of rotatable bonds is 4. The lowest BCUT2D eigenvalue weighted by molar-refractivity contribution is 0.140. The van der Waals surface area contributed by atoms with Gasteiger partial charge in [0.1, 0.15) is 5.75 Å². The number of nitrogens with zero attached hydrogens (tertiary/aromatic N) is 2. The third kappa shape index (κ3) is 4.06. The molecule has 0 amide bonds. The molecule has 0 bridgehead atoms. The first kappa shape index (κ1) is 16.0. The fraction of sp³-hybridized carbons (Fsp3) is 0.500. The summed E-state index contributed by atoms with van der Waals surface area (Å²) in [5.74, 6) is 2.25. The number of ether oxygens (including phenoxy) is 1. The van der Waals surface area contributed by atoms with Crippen molar-refractivity contribution in [3.05, 3.63) is 40.5 Å². The molecule has 5 heteroatoms. The summed E-state index contributed by atoms with van der Waals surface area (Å²) in [6.07, 6.45) is -0.231. The van der Waals surface area contributed by atoms with Gasteiger partial charge in [0.25, 0.3) is 0 Å². The Labute approximate surface area is 134 Å². The highest BCUT2D eigenvalue weighted by molar-refractivity contribution is 9.10. The van der Waals surface area contributed by atoms with Crippen LogP contribution in [-0.2, 0) is 5.41 Å². The molecule has 4 nitrogen and oxygen atoms in total. The van der Waals surface area contributed by atoms with E-state index in [9.17, 15) is 0 Å². The molecule has 0 saturated heterocycles. The van der Waals surface area contributed by atoms with E-state index in [-0.39, 0.29) is 17.4 Å². The molecule has 21 heavy (non-hydrogen) atoms. The van der Waals surface area contributed by atoms with E-state index in [1.54, 1.807) is 0 Å². The average molecular weight is 353 g/mol. The van der Waals surface area contributed by atoms with Crippen LogP contribution in [0.2, 0.25) is 0 Å². The first-order chi connectivity index (χ1) is 9.77. The van der Waals surface area contributed by atoms with Gasteiger partial charge in [-0.2, -0.15) is 4.98 Å². The Kier molecular flexibility index (Phi) is 4.71. The van der Waals surface area contributed by atoms with Gasteiger partial charge in [0.05, 0.1) is 0 Å². The standard InChI is InChI=1S/C16H21BrN2O2/c1-10(2)13(20-12-8-6-11(17)7-9-12)14-18-15(21-19-14)16(3,4)5/h6-10,13H,1-5H3. The second-order valence-electron chi connectivity index (χ2n) is 6.44. The normalized spacial score (nSPS) is 13.5. The molecule has 114 valence electrons. The van der Waals surface area contributed by atoms with E-state index in [2.05, 4.69) is 39.9 Å². The Balaban J connectivity index is 2.23. The SMILES string of the molecule is CC(C)C(Oc1ccc(Br)cc1)c1noc(C(C)(C)C)n1. The van der Waals surface area contributed by atoms with Gasteiger partial charge >= 0.3 is 0 Å². The molecule has 0 saturated carbocycles. The van der Waals surface area contributed by atoms with Crippen LogP contribution in [0.4, 0.5) is 0 Å². The van der Waals surface area contributed by atoms with Crippen LogP contribution in [0.15, 0.2) is 33.3 Å². The number of halogens is 1. The number of hydrogen-bond donors (Lipinski definition) is 0. The number of aromatic nitrogens is 2. The molecule has 0 N–H and O–H groups in total. The van der Waals surface area contributed by atoms with E-state index in [0.29, 0.717) is 11.7 Å². The van der Waals surface area contributed by atoms with Gasteiger partial charge in [-0.25, -0.2) is 0 Å². The third-order valence-electron chi connectivity index (χ3n) is 3.02. The molecular formula is C16H21BrN2O2. The van der Waals surface area contributed by atoms with Crippen molar-refractivity contribution in [2.45, 2.75) is 46.1 Å². The van der Waals surface area contributed by atoms with Crippen molar-refractivity contribution >= 4 is 15.9 Å². The van der Waals surface area contributed by atoms with Crippen molar-refractivity contribution in [2.75, 3.05) is 0 Å². The van der Waals surface area contributed by atoms with Crippen LogP contribution in [0, 0.1) is 5.92 Å². The van der Waals surface area contributed by atoms with Gasteiger partial charge in [0, 0.05) is 9.89 Å². The molecule has 1 aromatic heterocycles. The topological polar surface area (TPSA) is 48.2 Å². The zero-order valence-electron chi connectivity index (χ0n) is 13.1. The summed E-state index contributed by atoms with van der Waals surface area (Å²) in [5.41, 5.74) is -0.162. The van der Waals surface area contributed by atoms with Gasteiger partial charge in [-0.15, -0.1) is 0 Å². The van der Waals surface area contributed by atoms with E-state index >= 15 is 0 Å². The Morgan fingerprint density at radius 1 is 1.14 bits per heavy atom. The number of benzene rings is 1. The zero-order valence-corrected chi connectivity index (χ0v) is 14.6. The van der Waals surface area contributed by atoms with Gasteiger partial charge in [0.15, 0.2) is 6.10 Å². The summed E-state index contributed by atoms with van der Waals surface area (Å²) in [6.45, 7) is 10.3. The van der Waals surface area contributed by atoms with Crippen molar-refractivity contribution in [1.29, 1.82) is 0 Å². The van der Waals surface area contributed by atoms with Crippen LogP contribution < -0.4 is 4.74 Å². The van der Waals surface area contributed by atoms with Gasteiger partial charge in [-0.05, 0) is 30.2 Å². The average Bonchev–Trinajstić information content (AvgIpc) is 2.87. The zero-order chi connectivity index (χ0) is 15.6. The third-order valence-corrected chi connectivity index (χ3v) is 3.55. The highest BCUT2D eigenvalue weighted by Gasteiger charge is 2.28. The summed E-state index contributed by atoms with van der Waals surface area (Å²) in [4.78, 5) is 4.50. The molecule has 0 aliphatic heterocycles. The Hall–Kier alpha value is -1.36. The first-order valence-corrected chi connectivity index (χ1v) is 7.83. The van der Waals surface area contributed by atoms with Crippen molar-refractivity contribution < 1.29 is 9.26 Å². The van der Waals surface area contributed by atoms with E-state index < -0.39 is 0 Å². The predicted molar refractivity (Wildman–Crippen MR) is 85.3 cm³/mol. The van der Waals surface area contributed by atoms with E-state index in [1.165, 1.54) is 0 Å². The number of hydrogen-bond acceptors (Lipinski definition) is 4. The van der Waals surface area contributed by atoms with Crippen LogP contribution in [0.25, 0.3) is 0 Å². The minimum atomic E-state index is -0.231. The largest absolute Gasteiger partial charge is 0.482 e. The maximum atomic E-state index is 6.04. The van der Waals surface area contributed by atoms with E-state index in [0.717, 1.165) is 10.2 Å². The molecule has 0 radical (unpaired) electrons. The molecule has 0 spiro atoms. The van der Waals surface area contributed by atoms with Gasteiger partial charge in [-0.1, -0.05) is 55.7 Å². The molecule has 0 aliphatic rings. The molecular weight excluding hydrogens is 332 g/mol. The molecule has 0 aliphatic carbocycles. The summed E-state index contributed by atoms with van der Waals surface area (Å²) in [5, 5.41) is 4.10. The second kappa shape index (κ2) is 6.18. The Bertz CT molecular complexity index is 585. The first-order valence-electron chi connectivity index (χ1n) is 7.03. The molecule has 2 aromatic rings. The minimum absolute atomic E-state index is 0.162. The Morgan fingerprint density at radius 2 is 1.76 bits per heavy atom. The minimum Gasteiger partial charge on any atom is -0.482 e. The van der Waals surface area contributed by atoms with Gasteiger partial charge < -0.3 is 9.26 Å². The van der Waals surface area contributed by atoms with Gasteiger partial charge in [-0.3, -0.25) is 0 Å². The summed E-state index contributed by atoms with van der Waals surface area (Å²) in [7, 11) is 0. The molecule has 0 fully saturated rings. The maximum absolute atomic E-state index is 6.04. The maximum Gasteiger partial charge on any atom is 0.232 e. The second-order valence-corrected chi connectivity index (χ2v) is 7.36. The van der Waals surface area contributed by atoms with Crippen molar-refractivity contribution in [3.8, 4) is 5.75 Å². The predicted octanol–water partition coefficient (Wildman–Crippen LogP) is 4.91. The quantitative estimate of drug-likeness (QED) is 0.784. The fourth-order valence-corrected chi connectivity index (χ4v) is 2.07. The lowest BCUT2D eigenvalue weighted by atomic mass is 9.97. The smallest absolute Gasteiger partial charge is 0.232 e. The van der Waals surface area contributed by atoms with Crippen LogP contribution in [-0.4, -0.2) is 10.1 Å². The molecule has 1 atom stereocenters.